The Morgan fingerprint density at radius 2 is 1.73 bits per heavy atom. The van der Waals surface area contributed by atoms with Crippen LogP contribution in [0.5, 0.6) is 0 Å². The first-order valence-electron chi connectivity index (χ1n) is 11.8. The number of hydrogen-bond acceptors (Lipinski definition) is 9. The number of nitrogens with one attached hydrogen (secondary N) is 3. The Labute approximate surface area is 230 Å². The number of fused-ring (bicyclic) bond motifs is 1. The van der Waals surface area contributed by atoms with Gasteiger partial charge in [-0.25, -0.2) is 27.9 Å². The molecule has 0 bridgehead atoms. The molecule has 11 nitrogen and oxygen atoms in total. The number of aromatic nitrogens is 3. The number of benzene rings is 2. The predicted molar refractivity (Wildman–Crippen MR) is 143 cm³/mol. The number of aliphatic hydroxyl groups is 1. The third kappa shape index (κ3) is 7.62. The first-order chi connectivity index (χ1) is 19.2. The van der Waals surface area contributed by atoms with Crippen molar-refractivity contribution >= 4 is 44.4 Å². The second-order valence-electron chi connectivity index (χ2n) is 8.83. The summed E-state index contributed by atoms with van der Waals surface area (Å²) in [5, 5.41) is 21.7. The maximum Gasteiger partial charge on any atom is 0.405 e. The molecule has 0 fully saturated rings. The average molecular weight is 594 g/mol. The van der Waals surface area contributed by atoms with Crippen molar-refractivity contribution in [3.63, 3.8) is 0 Å². The normalized spacial score (nSPS) is 12.7. The summed E-state index contributed by atoms with van der Waals surface area (Å²) in [6, 6.07) is 12.4. The lowest BCUT2D eigenvalue weighted by Crippen LogP contribution is -2.24. The van der Waals surface area contributed by atoms with Gasteiger partial charge in [0, 0.05) is 12.1 Å². The van der Waals surface area contributed by atoms with Crippen LogP contribution in [0.4, 0.5) is 35.0 Å². The van der Waals surface area contributed by atoms with Crippen molar-refractivity contribution in [3.05, 3.63) is 66.0 Å². The fourth-order valence-electron chi connectivity index (χ4n) is 3.55. The van der Waals surface area contributed by atoms with Crippen LogP contribution in [0.25, 0.3) is 22.3 Å². The quantitative estimate of drug-likeness (QED) is 0.182. The van der Waals surface area contributed by atoms with Gasteiger partial charge in [-0.3, -0.25) is 4.79 Å². The van der Waals surface area contributed by atoms with Crippen molar-refractivity contribution in [2.24, 2.45) is 5.14 Å². The number of nitrogens with two attached hydrogens (primary N) is 1. The minimum atomic E-state index is -4.57. The van der Waals surface area contributed by atoms with Gasteiger partial charge in [0.15, 0.2) is 5.82 Å². The van der Waals surface area contributed by atoms with Crippen molar-refractivity contribution in [3.8, 4) is 11.3 Å². The zero-order chi connectivity index (χ0) is 29.9. The molecule has 4 aromatic rings. The van der Waals surface area contributed by atoms with E-state index < -0.39 is 40.6 Å². The van der Waals surface area contributed by atoms with Gasteiger partial charge in [-0.1, -0.05) is 18.2 Å². The highest BCUT2D eigenvalue weighted by Gasteiger charge is 2.27. The van der Waals surface area contributed by atoms with E-state index in [4.69, 9.17) is 5.14 Å². The number of rotatable bonds is 9. The summed E-state index contributed by atoms with van der Waals surface area (Å²) in [6.07, 6.45) is -5.92. The molecule has 0 radical (unpaired) electrons. The van der Waals surface area contributed by atoms with Gasteiger partial charge in [0.25, 0.3) is 5.91 Å². The molecule has 16 heteroatoms. The predicted octanol–water partition coefficient (Wildman–Crippen LogP) is 3.38. The Kier molecular flexibility index (Phi) is 8.37. The largest absolute Gasteiger partial charge is 0.405 e. The highest BCUT2D eigenvalue weighted by molar-refractivity contribution is 7.89. The van der Waals surface area contributed by atoms with E-state index in [9.17, 15) is 35.9 Å². The van der Waals surface area contributed by atoms with E-state index in [1.807, 2.05) is 0 Å². The topological polar surface area (TPSA) is 172 Å². The first kappa shape index (κ1) is 29.6. The van der Waals surface area contributed by atoms with Crippen LogP contribution in [-0.2, 0) is 21.4 Å². The second kappa shape index (κ2) is 11.6. The summed E-state index contributed by atoms with van der Waals surface area (Å²) in [5.74, 6) is -1.89. The number of anilines is 3. The Morgan fingerprint density at radius 3 is 2.34 bits per heavy atom. The number of carbonyl (C=O) groups is 1. The van der Waals surface area contributed by atoms with E-state index in [1.165, 1.54) is 55.5 Å². The molecular weight excluding hydrogens is 570 g/mol. The van der Waals surface area contributed by atoms with Gasteiger partial charge < -0.3 is 21.1 Å². The molecule has 216 valence electrons. The molecule has 0 aliphatic carbocycles. The summed E-state index contributed by atoms with van der Waals surface area (Å²) in [6.45, 7) is -0.0777. The van der Waals surface area contributed by atoms with Crippen LogP contribution in [0.15, 0.2) is 59.5 Å². The van der Waals surface area contributed by atoms with E-state index in [-0.39, 0.29) is 51.2 Å². The highest BCUT2D eigenvalue weighted by Crippen LogP contribution is 2.28. The van der Waals surface area contributed by atoms with Crippen molar-refractivity contribution in [1.82, 2.24) is 15.0 Å². The second-order valence-corrected chi connectivity index (χ2v) is 10.4. The molecule has 0 aliphatic rings. The van der Waals surface area contributed by atoms with E-state index in [0.29, 0.717) is 5.56 Å². The summed E-state index contributed by atoms with van der Waals surface area (Å²) in [7, 11) is -3.87. The molecule has 0 aliphatic heterocycles. The number of nitrogens with zero attached hydrogens (tertiary/aromatic N) is 3. The van der Waals surface area contributed by atoms with Crippen LogP contribution in [0.1, 0.15) is 12.5 Å². The van der Waals surface area contributed by atoms with Crippen LogP contribution in [0, 0.1) is 5.82 Å². The number of hydrogen-bond donors (Lipinski definition) is 5. The number of carbonyl (C=O) groups excluding carboxylic acids is 1. The van der Waals surface area contributed by atoms with Gasteiger partial charge in [-0.2, -0.15) is 18.2 Å². The van der Waals surface area contributed by atoms with Crippen LogP contribution in [0.2, 0.25) is 0 Å². The Bertz CT molecular complexity index is 1700. The van der Waals surface area contributed by atoms with Gasteiger partial charge in [0.05, 0.1) is 21.8 Å². The van der Waals surface area contributed by atoms with Crippen LogP contribution < -0.4 is 21.1 Å². The molecule has 0 unspecified atom stereocenters. The summed E-state index contributed by atoms with van der Waals surface area (Å²) in [4.78, 5) is 24.4. The lowest BCUT2D eigenvalue weighted by molar-refractivity contribution is -0.123. The Morgan fingerprint density at radius 1 is 1.02 bits per heavy atom. The minimum Gasteiger partial charge on any atom is -0.384 e. The zero-order valence-corrected chi connectivity index (χ0v) is 22.0. The smallest absolute Gasteiger partial charge is 0.384 e. The molecule has 6 N–H and O–H groups in total. The minimum absolute atomic E-state index is 0.0123. The van der Waals surface area contributed by atoms with Crippen LogP contribution >= 0.6 is 0 Å². The van der Waals surface area contributed by atoms with Gasteiger partial charge in [0.1, 0.15) is 24.0 Å². The van der Waals surface area contributed by atoms with Gasteiger partial charge in [0.2, 0.25) is 16.0 Å². The zero-order valence-electron chi connectivity index (χ0n) is 21.2. The molecule has 41 heavy (non-hydrogen) atoms. The van der Waals surface area contributed by atoms with E-state index in [1.54, 1.807) is 0 Å². The molecule has 0 spiro atoms. The maximum absolute atomic E-state index is 14.6. The van der Waals surface area contributed by atoms with Crippen molar-refractivity contribution in [2.75, 3.05) is 22.5 Å². The molecule has 1 atom stereocenters. The number of pyridine rings is 1. The molecule has 0 saturated heterocycles. The highest BCUT2D eigenvalue weighted by atomic mass is 32.2. The molecule has 2 aromatic heterocycles. The Balaban J connectivity index is 1.64. The number of halogens is 4. The fraction of sp³-hybridized carbons (Fsp3) is 0.200. The first-order valence-corrected chi connectivity index (χ1v) is 13.4. The van der Waals surface area contributed by atoms with Gasteiger partial charge >= 0.3 is 6.18 Å². The summed E-state index contributed by atoms with van der Waals surface area (Å²) in [5.41, 5.74) is 1.06. The van der Waals surface area contributed by atoms with Crippen molar-refractivity contribution in [1.29, 1.82) is 0 Å². The van der Waals surface area contributed by atoms with E-state index in [0.717, 1.165) is 6.07 Å². The number of amides is 1. The molecule has 2 aromatic carbocycles. The number of primary sulfonamides is 1. The lowest BCUT2D eigenvalue weighted by atomic mass is 10.1. The molecule has 1 amide bonds. The Hall–Kier alpha value is -4.41. The molecule has 2 heterocycles. The van der Waals surface area contributed by atoms with Crippen LogP contribution in [0.3, 0.4) is 0 Å². The van der Waals surface area contributed by atoms with E-state index in [2.05, 4.69) is 30.9 Å². The third-order valence-corrected chi connectivity index (χ3v) is 6.53. The maximum atomic E-state index is 14.6. The fourth-order valence-corrected chi connectivity index (χ4v) is 4.07. The van der Waals surface area contributed by atoms with Crippen molar-refractivity contribution in [2.45, 2.75) is 30.6 Å². The number of aliphatic hydroxyl groups excluding tert-OH is 1. The SMILES string of the molecule is C[C@H](O)C(=O)Nc1ccc(-c2ccc3nc(NCc4ccc(S(N)(=O)=O)cc4)nc(NCC(F)(F)F)c3n2)cc1F. The van der Waals surface area contributed by atoms with Crippen molar-refractivity contribution < 1.29 is 35.9 Å². The van der Waals surface area contributed by atoms with Crippen LogP contribution in [-0.4, -0.2) is 53.2 Å². The van der Waals surface area contributed by atoms with Gasteiger partial charge in [-0.05, 0) is 48.9 Å². The average Bonchev–Trinajstić information content (AvgIpc) is 2.90. The standard InChI is InChI=1S/C25H23F4N7O4S/c1-13(37)23(38)34-19-7-4-15(10-17(19)26)18-8-9-20-21(33-18)22(32-12-25(27,28)29)36-24(35-20)31-11-14-2-5-16(6-3-14)41(30,39)40/h2-10,13,37H,11-12H2,1H3,(H,34,38)(H2,30,39,40)(H2,31,32,35,36)/t13-/m0/s1. The van der Waals surface area contributed by atoms with Gasteiger partial charge in [-0.15, -0.1) is 0 Å². The number of alkyl halides is 3. The monoisotopic (exact) mass is 593 g/mol. The molecular formula is C25H23F4N7O4S. The molecule has 4 rings (SSSR count). The summed E-state index contributed by atoms with van der Waals surface area (Å²) >= 11 is 0. The third-order valence-electron chi connectivity index (χ3n) is 5.60. The van der Waals surface area contributed by atoms with E-state index >= 15 is 0 Å². The lowest BCUT2D eigenvalue weighted by Gasteiger charge is -2.14. The number of sulfonamides is 1. The summed E-state index contributed by atoms with van der Waals surface area (Å²) < 4.78 is 76.5. The molecule has 0 saturated carbocycles.